The smallest absolute Gasteiger partial charge is 0.0462 e. The summed E-state index contributed by atoms with van der Waals surface area (Å²) >= 11 is 0. The van der Waals surface area contributed by atoms with Crippen molar-refractivity contribution >= 4 is 0 Å². The molecule has 0 saturated heterocycles. The van der Waals surface area contributed by atoms with Crippen LogP contribution in [0.15, 0.2) is 0 Å². The van der Waals surface area contributed by atoms with Crippen LogP contribution < -0.4 is 5.32 Å². The maximum Gasteiger partial charge on any atom is 0.0462 e. The highest BCUT2D eigenvalue weighted by atomic mass is 16.5. The molecule has 1 aliphatic carbocycles. The summed E-state index contributed by atoms with van der Waals surface area (Å²) in [5.74, 6) is 0.763. The highest BCUT2D eigenvalue weighted by Crippen LogP contribution is 2.40. The Morgan fingerprint density at radius 2 is 1.83 bits per heavy atom. The second kappa shape index (κ2) is 8.92. The molecular weight excluding hydrogens is 222 g/mol. The number of hydrogen-bond acceptors (Lipinski definition) is 2. The third-order valence-corrected chi connectivity index (χ3v) is 4.27. The Kier molecular flexibility index (Phi) is 7.92. The van der Waals surface area contributed by atoms with Crippen molar-refractivity contribution in [3.05, 3.63) is 0 Å². The van der Waals surface area contributed by atoms with Gasteiger partial charge in [0.05, 0.1) is 0 Å². The Bertz CT molecular complexity index is 197. The van der Waals surface area contributed by atoms with E-state index >= 15 is 0 Å². The average molecular weight is 255 g/mol. The van der Waals surface area contributed by atoms with Crippen LogP contribution in [-0.4, -0.2) is 26.8 Å². The van der Waals surface area contributed by atoms with Crippen LogP contribution in [0.2, 0.25) is 0 Å². The van der Waals surface area contributed by atoms with Gasteiger partial charge in [-0.25, -0.2) is 0 Å². The molecule has 1 fully saturated rings. The summed E-state index contributed by atoms with van der Waals surface area (Å²) in [6.45, 7) is 7.91. The van der Waals surface area contributed by atoms with Gasteiger partial charge in [0.2, 0.25) is 0 Å². The molecule has 0 bridgehead atoms. The van der Waals surface area contributed by atoms with Crippen molar-refractivity contribution in [3.63, 3.8) is 0 Å². The standard InChI is InChI=1S/C16H33NO/c1-15(2)13-17-14-16(9-5-4-6-10-16)11-7-8-12-18-3/h15,17H,4-14H2,1-3H3. The van der Waals surface area contributed by atoms with E-state index in [0.717, 1.165) is 12.5 Å². The Balaban J connectivity index is 2.32. The molecule has 1 N–H and O–H groups in total. The summed E-state index contributed by atoms with van der Waals surface area (Å²) in [6.07, 6.45) is 11.1. The molecule has 1 rings (SSSR count). The molecule has 0 unspecified atom stereocenters. The average Bonchev–Trinajstić information content (AvgIpc) is 2.36. The van der Waals surface area contributed by atoms with Crippen molar-refractivity contribution in [3.8, 4) is 0 Å². The van der Waals surface area contributed by atoms with Crippen LogP contribution in [0.5, 0.6) is 0 Å². The molecule has 0 heterocycles. The number of unbranched alkanes of at least 4 members (excludes halogenated alkanes) is 1. The van der Waals surface area contributed by atoms with Crippen molar-refractivity contribution in [2.45, 2.75) is 65.2 Å². The summed E-state index contributed by atoms with van der Waals surface area (Å²) in [7, 11) is 1.81. The quantitative estimate of drug-likeness (QED) is 0.629. The van der Waals surface area contributed by atoms with E-state index in [1.54, 1.807) is 7.11 Å². The zero-order valence-electron chi connectivity index (χ0n) is 12.8. The molecule has 0 aliphatic heterocycles. The van der Waals surface area contributed by atoms with Gasteiger partial charge in [-0.1, -0.05) is 39.5 Å². The number of nitrogens with one attached hydrogen (secondary N) is 1. The highest BCUT2D eigenvalue weighted by Gasteiger charge is 2.30. The molecule has 0 radical (unpaired) electrons. The SMILES string of the molecule is COCCCCC1(CNCC(C)C)CCCCC1. The maximum absolute atomic E-state index is 5.16. The summed E-state index contributed by atoms with van der Waals surface area (Å²) < 4.78 is 5.16. The predicted molar refractivity (Wildman–Crippen MR) is 79.0 cm³/mol. The first kappa shape index (κ1) is 16.0. The fourth-order valence-electron chi connectivity index (χ4n) is 3.19. The van der Waals surface area contributed by atoms with Gasteiger partial charge in [-0.2, -0.15) is 0 Å². The molecular formula is C16H33NO. The third-order valence-electron chi connectivity index (χ3n) is 4.27. The van der Waals surface area contributed by atoms with Gasteiger partial charge < -0.3 is 10.1 Å². The fourth-order valence-corrected chi connectivity index (χ4v) is 3.19. The van der Waals surface area contributed by atoms with Crippen LogP contribution in [0.25, 0.3) is 0 Å². The van der Waals surface area contributed by atoms with E-state index in [4.69, 9.17) is 4.74 Å². The molecule has 1 aliphatic rings. The summed E-state index contributed by atoms with van der Waals surface area (Å²) in [5, 5.41) is 3.71. The van der Waals surface area contributed by atoms with Gasteiger partial charge in [0, 0.05) is 20.3 Å². The lowest BCUT2D eigenvalue weighted by molar-refractivity contribution is 0.146. The lowest BCUT2D eigenvalue weighted by Crippen LogP contribution is -2.37. The minimum absolute atomic E-state index is 0.598. The normalized spacial score (nSPS) is 19.3. The molecule has 18 heavy (non-hydrogen) atoms. The lowest BCUT2D eigenvalue weighted by atomic mass is 9.71. The van der Waals surface area contributed by atoms with Crippen molar-refractivity contribution in [1.82, 2.24) is 5.32 Å². The van der Waals surface area contributed by atoms with Gasteiger partial charge in [-0.3, -0.25) is 0 Å². The minimum atomic E-state index is 0.598. The van der Waals surface area contributed by atoms with Gasteiger partial charge in [0.1, 0.15) is 0 Å². The molecule has 2 heteroatoms. The number of rotatable bonds is 9. The first-order valence-corrected chi connectivity index (χ1v) is 7.88. The summed E-state index contributed by atoms with van der Waals surface area (Å²) in [4.78, 5) is 0. The second-order valence-electron chi connectivity index (χ2n) is 6.54. The van der Waals surface area contributed by atoms with Crippen LogP contribution >= 0.6 is 0 Å². The van der Waals surface area contributed by atoms with E-state index in [2.05, 4.69) is 19.2 Å². The lowest BCUT2D eigenvalue weighted by Gasteiger charge is -2.38. The zero-order chi connectivity index (χ0) is 13.3. The van der Waals surface area contributed by atoms with Gasteiger partial charge in [0.25, 0.3) is 0 Å². The van der Waals surface area contributed by atoms with Gasteiger partial charge >= 0.3 is 0 Å². The number of hydrogen-bond donors (Lipinski definition) is 1. The van der Waals surface area contributed by atoms with Crippen LogP contribution in [-0.2, 0) is 4.74 Å². The van der Waals surface area contributed by atoms with Crippen molar-refractivity contribution in [2.75, 3.05) is 26.8 Å². The van der Waals surface area contributed by atoms with Crippen LogP contribution in [0, 0.1) is 11.3 Å². The number of ether oxygens (including phenoxy) is 1. The molecule has 1 saturated carbocycles. The molecule has 0 atom stereocenters. The molecule has 0 aromatic heterocycles. The predicted octanol–water partition coefficient (Wildman–Crippen LogP) is 4.00. The van der Waals surface area contributed by atoms with E-state index in [0.29, 0.717) is 5.41 Å². The first-order valence-electron chi connectivity index (χ1n) is 7.88. The topological polar surface area (TPSA) is 21.3 Å². The molecule has 0 spiro atoms. The van der Waals surface area contributed by atoms with Crippen LogP contribution in [0.3, 0.4) is 0 Å². The zero-order valence-corrected chi connectivity index (χ0v) is 12.8. The molecule has 108 valence electrons. The second-order valence-corrected chi connectivity index (χ2v) is 6.54. The highest BCUT2D eigenvalue weighted by molar-refractivity contribution is 4.85. The van der Waals surface area contributed by atoms with Crippen LogP contribution in [0.4, 0.5) is 0 Å². The Hall–Kier alpha value is -0.0800. The number of methoxy groups -OCH3 is 1. The van der Waals surface area contributed by atoms with Crippen LogP contribution in [0.1, 0.15) is 65.2 Å². The summed E-state index contributed by atoms with van der Waals surface area (Å²) in [6, 6.07) is 0. The van der Waals surface area contributed by atoms with E-state index < -0.39 is 0 Å². The fraction of sp³-hybridized carbons (Fsp3) is 1.00. The Morgan fingerprint density at radius 3 is 2.44 bits per heavy atom. The van der Waals surface area contributed by atoms with Crippen molar-refractivity contribution < 1.29 is 4.74 Å². The van der Waals surface area contributed by atoms with Gasteiger partial charge in [0.15, 0.2) is 0 Å². The van der Waals surface area contributed by atoms with E-state index in [9.17, 15) is 0 Å². The molecule has 2 nitrogen and oxygen atoms in total. The molecule has 0 amide bonds. The monoisotopic (exact) mass is 255 g/mol. The Labute approximate surface area is 114 Å². The third kappa shape index (κ3) is 6.19. The molecule has 0 aromatic carbocycles. The maximum atomic E-state index is 5.16. The first-order chi connectivity index (χ1) is 8.68. The van der Waals surface area contributed by atoms with Crippen molar-refractivity contribution in [1.29, 1.82) is 0 Å². The van der Waals surface area contributed by atoms with E-state index in [1.165, 1.54) is 64.5 Å². The largest absolute Gasteiger partial charge is 0.385 e. The van der Waals surface area contributed by atoms with Gasteiger partial charge in [-0.05, 0) is 43.6 Å². The van der Waals surface area contributed by atoms with Crippen molar-refractivity contribution in [2.24, 2.45) is 11.3 Å². The molecule has 0 aromatic rings. The van der Waals surface area contributed by atoms with Gasteiger partial charge in [-0.15, -0.1) is 0 Å². The van der Waals surface area contributed by atoms with E-state index in [-0.39, 0.29) is 0 Å². The van der Waals surface area contributed by atoms with E-state index in [1.807, 2.05) is 0 Å². The summed E-state index contributed by atoms with van der Waals surface area (Å²) in [5.41, 5.74) is 0.598. The minimum Gasteiger partial charge on any atom is -0.385 e. The Morgan fingerprint density at radius 1 is 1.11 bits per heavy atom.